The van der Waals surface area contributed by atoms with E-state index in [1.54, 1.807) is 6.07 Å². The third-order valence-electron chi connectivity index (χ3n) is 7.47. The largest absolute Gasteiger partial charge is 1.00 e. The molecule has 1 amide bonds. The Hall–Kier alpha value is -2.84. The second-order valence-corrected chi connectivity index (χ2v) is 11.2. The molecule has 1 aromatic carbocycles. The topological polar surface area (TPSA) is 89.2 Å². The quantitative estimate of drug-likeness (QED) is 0.360. The van der Waals surface area contributed by atoms with Crippen molar-refractivity contribution in [2.24, 2.45) is 10.4 Å². The summed E-state index contributed by atoms with van der Waals surface area (Å²) in [6.07, 6.45) is 9.34. The maximum atomic E-state index is 14.3. The van der Waals surface area contributed by atoms with Crippen LogP contribution in [0.15, 0.2) is 40.8 Å². The molecule has 9 heteroatoms. The number of amides is 1. The van der Waals surface area contributed by atoms with Crippen molar-refractivity contribution in [2.45, 2.75) is 70.5 Å². The molecule has 1 aliphatic carbocycles. The van der Waals surface area contributed by atoms with Crippen LogP contribution in [-0.2, 0) is 11.2 Å². The van der Waals surface area contributed by atoms with Crippen LogP contribution in [0.1, 0.15) is 64.0 Å². The van der Waals surface area contributed by atoms with Crippen LogP contribution < -0.4 is 23.8 Å². The summed E-state index contributed by atoms with van der Waals surface area (Å²) in [6.45, 7) is 18.0. The molecular weight excluding hydrogens is 478 g/mol. The molecule has 1 N–H and O–H groups in total. The van der Waals surface area contributed by atoms with Crippen molar-refractivity contribution in [1.82, 2.24) is 4.90 Å². The third kappa shape index (κ3) is 6.23. The number of carbonyl (C=O) groups excluding carboxylic acids is 1. The molecule has 1 aromatic rings. The fraction of sp³-hybridized carbons (Fsp3) is 0.483. The Kier molecular flexibility index (Phi) is 8.68. The number of allylic oxidation sites excluding steroid dienone is 1. The summed E-state index contributed by atoms with van der Waals surface area (Å²) >= 11 is 0. The first-order valence-corrected chi connectivity index (χ1v) is 12.5. The molecule has 2 fully saturated rings. The summed E-state index contributed by atoms with van der Waals surface area (Å²) in [6, 6.07) is 5.04. The number of rotatable bonds is 6. The minimum Gasteiger partial charge on any atom is -0.470 e. The third-order valence-corrected chi connectivity index (χ3v) is 7.47. The Morgan fingerprint density at radius 2 is 2.11 bits per heavy atom. The number of benzene rings is 1. The van der Waals surface area contributed by atoms with E-state index in [0.717, 1.165) is 30.5 Å². The van der Waals surface area contributed by atoms with Crippen LogP contribution in [0.3, 0.4) is 0 Å². The first-order valence-electron chi connectivity index (χ1n) is 12.5. The zero-order valence-corrected chi connectivity index (χ0v) is 22.6. The maximum absolute atomic E-state index is 14.3. The fourth-order valence-corrected chi connectivity index (χ4v) is 5.54. The summed E-state index contributed by atoms with van der Waals surface area (Å²) < 4.78 is 20.2. The minimum absolute atomic E-state index is 0. The van der Waals surface area contributed by atoms with Crippen LogP contribution in [0, 0.1) is 35.7 Å². The van der Waals surface area contributed by atoms with Crippen molar-refractivity contribution in [3.05, 3.63) is 65.9 Å². The predicted octanol–water partition coefficient (Wildman–Crippen LogP) is 2.21. The summed E-state index contributed by atoms with van der Waals surface area (Å²) in [7, 11) is 0. The summed E-state index contributed by atoms with van der Waals surface area (Å²) in [4.78, 5) is 20.3. The number of hydrogen-bond acceptors (Lipinski definition) is 6. The SMILES string of the molecule is [CH-]=C(/N=C\C(=[CH-])C(C)(C)O)N1C[C@@]2(CCC[C@](C)(CN3C=CCCc4cc(F)c(C#N)cc43)C2)OC1=O.[Li+]. The number of aliphatic imine (C=N–C) groups is 1. The average Bonchev–Trinajstić information content (AvgIpc) is 3.00. The summed E-state index contributed by atoms with van der Waals surface area (Å²) in [5.41, 5.74) is -0.344. The number of hydrogen-bond donors (Lipinski definition) is 1. The zero-order valence-electron chi connectivity index (χ0n) is 22.6. The predicted molar refractivity (Wildman–Crippen MR) is 139 cm³/mol. The number of anilines is 1. The van der Waals surface area contributed by atoms with Crippen LogP contribution in [-0.4, -0.2) is 46.6 Å². The fourth-order valence-electron chi connectivity index (χ4n) is 5.54. The Bertz CT molecular complexity index is 1230. The second kappa shape index (κ2) is 11.1. The first kappa shape index (κ1) is 29.7. The molecule has 1 saturated carbocycles. The van der Waals surface area contributed by atoms with Crippen LogP contribution in [0.5, 0.6) is 0 Å². The van der Waals surface area contributed by atoms with E-state index >= 15 is 0 Å². The number of carbonyl (C=O) groups is 1. The molecule has 1 spiro atoms. The average molecular weight is 512 g/mol. The molecule has 3 aliphatic rings. The van der Waals surface area contributed by atoms with Crippen molar-refractivity contribution in [3.63, 3.8) is 0 Å². The number of nitrogens with zero attached hydrogens (tertiary/aromatic N) is 4. The van der Waals surface area contributed by atoms with E-state index in [2.05, 4.69) is 22.9 Å². The van der Waals surface area contributed by atoms with E-state index in [1.165, 1.54) is 31.0 Å². The van der Waals surface area contributed by atoms with Crippen molar-refractivity contribution in [1.29, 1.82) is 5.26 Å². The Morgan fingerprint density at radius 3 is 2.79 bits per heavy atom. The monoisotopic (exact) mass is 511 g/mol. The molecule has 1 saturated heterocycles. The smallest absolute Gasteiger partial charge is 0.470 e. The number of ether oxygens (including phenoxy) is 1. The zero-order chi connectivity index (χ0) is 27.0. The van der Waals surface area contributed by atoms with Crippen molar-refractivity contribution < 1.29 is 37.9 Å². The number of halogens is 1. The van der Waals surface area contributed by atoms with Gasteiger partial charge in [0.05, 0.1) is 17.7 Å². The Balaban J connectivity index is 0.00000400. The van der Waals surface area contributed by atoms with Gasteiger partial charge in [0, 0.05) is 18.4 Å². The molecular formula is C29H33FLiN4O3-. The molecule has 38 heavy (non-hydrogen) atoms. The van der Waals surface area contributed by atoms with Crippen molar-refractivity contribution in [2.75, 3.05) is 18.0 Å². The standard InChI is InChI=1S/C29H33FN4O3.Li/c1-20(27(3,4)36)16-32-21(2)34-19-29(37-26(34)35)11-8-10-28(5,17-29)18-33-12-7-6-9-22-13-24(30)23(15-31)14-25(22)33;/h1-2,7,12-14,16,36H,6,8-11,17-19H2,3-5H3;/q-2;+1/b32-16-;/t28-,29-;/m0./s1. The normalized spacial score (nSPS) is 25.0. The van der Waals surface area contributed by atoms with E-state index in [1.807, 2.05) is 12.3 Å². The van der Waals surface area contributed by atoms with E-state index in [0.29, 0.717) is 25.8 Å². The number of aliphatic hydroxyl groups is 1. The molecule has 2 aliphatic heterocycles. The molecule has 0 aromatic heterocycles. The molecule has 196 valence electrons. The van der Waals surface area contributed by atoms with Gasteiger partial charge in [-0.15, -0.1) is 6.21 Å². The first-order chi connectivity index (χ1) is 17.3. The molecule has 2 atom stereocenters. The van der Waals surface area contributed by atoms with Gasteiger partial charge in [-0.05, 0) is 75.5 Å². The van der Waals surface area contributed by atoms with Gasteiger partial charge in [0.2, 0.25) is 0 Å². The van der Waals surface area contributed by atoms with E-state index in [-0.39, 0.29) is 47.8 Å². The summed E-state index contributed by atoms with van der Waals surface area (Å²) in [5, 5.41) is 19.3. The minimum atomic E-state index is -1.26. The Labute approximate surface area is 236 Å². The number of fused-ring (bicyclic) bond motifs is 1. The van der Waals surface area contributed by atoms with Gasteiger partial charge in [0.15, 0.2) is 0 Å². The van der Waals surface area contributed by atoms with Crippen LogP contribution >= 0.6 is 0 Å². The van der Waals surface area contributed by atoms with Gasteiger partial charge in [-0.3, -0.25) is 11.5 Å². The summed E-state index contributed by atoms with van der Waals surface area (Å²) in [5.74, 6) is -0.543. The molecule has 0 unspecified atom stereocenters. The number of aryl methyl sites for hydroxylation is 1. The van der Waals surface area contributed by atoms with Crippen molar-refractivity contribution in [3.8, 4) is 6.07 Å². The van der Waals surface area contributed by atoms with Gasteiger partial charge >= 0.3 is 25.0 Å². The van der Waals surface area contributed by atoms with E-state index in [4.69, 9.17) is 17.9 Å². The van der Waals surface area contributed by atoms with Crippen LogP contribution in [0.25, 0.3) is 0 Å². The molecule has 2 heterocycles. The van der Waals surface area contributed by atoms with Crippen LogP contribution in [0.2, 0.25) is 0 Å². The Morgan fingerprint density at radius 1 is 1.37 bits per heavy atom. The van der Waals surface area contributed by atoms with Crippen molar-refractivity contribution >= 4 is 18.0 Å². The van der Waals surface area contributed by atoms with Gasteiger partial charge in [-0.25, -0.2) is 9.18 Å². The van der Waals surface area contributed by atoms with E-state index < -0.39 is 23.1 Å². The van der Waals surface area contributed by atoms with Gasteiger partial charge in [0.1, 0.15) is 17.5 Å². The van der Waals surface area contributed by atoms with Gasteiger partial charge in [-0.1, -0.05) is 18.8 Å². The van der Waals surface area contributed by atoms with Gasteiger partial charge < -0.3 is 26.3 Å². The van der Waals surface area contributed by atoms with E-state index in [9.17, 15) is 19.6 Å². The van der Waals surface area contributed by atoms with Crippen LogP contribution in [0.4, 0.5) is 14.9 Å². The number of nitriles is 1. The molecule has 0 radical (unpaired) electrons. The molecule has 4 rings (SSSR count). The van der Waals surface area contributed by atoms with Gasteiger partial charge in [0.25, 0.3) is 0 Å². The van der Waals surface area contributed by atoms with Gasteiger partial charge in [-0.2, -0.15) is 10.8 Å². The molecule has 0 bridgehead atoms. The molecule has 7 nitrogen and oxygen atoms in total. The maximum Gasteiger partial charge on any atom is 1.00 e. The second-order valence-electron chi connectivity index (χ2n) is 11.2.